The van der Waals surface area contributed by atoms with E-state index in [2.05, 4.69) is 0 Å². The summed E-state index contributed by atoms with van der Waals surface area (Å²) in [6.07, 6.45) is -1.24. The number of amides is 1. The van der Waals surface area contributed by atoms with Crippen LogP contribution in [0.1, 0.15) is 6.42 Å². The number of carbonyl (C=O) groups excluding carboxylic acids is 1. The highest BCUT2D eigenvalue weighted by Crippen LogP contribution is 2.23. The Bertz CT molecular complexity index is 477. The fraction of sp³-hybridized carbons (Fsp3) is 0.333. The first kappa shape index (κ1) is 12.9. The molecule has 1 saturated heterocycles. The van der Waals surface area contributed by atoms with Gasteiger partial charge in [-0.3, -0.25) is 9.59 Å². The number of benzene rings is 1. The lowest BCUT2D eigenvalue weighted by Gasteiger charge is -2.31. The Morgan fingerprint density at radius 2 is 2.33 bits per heavy atom. The van der Waals surface area contributed by atoms with Crippen LogP contribution in [-0.2, 0) is 14.3 Å². The van der Waals surface area contributed by atoms with Crippen molar-refractivity contribution in [2.75, 3.05) is 18.1 Å². The molecule has 0 aromatic heterocycles. The van der Waals surface area contributed by atoms with E-state index in [9.17, 15) is 9.59 Å². The lowest BCUT2D eigenvalue weighted by atomic mass is 10.1. The van der Waals surface area contributed by atoms with E-state index in [4.69, 9.17) is 21.4 Å². The summed E-state index contributed by atoms with van der Waals surface area (Å²) < 4.78 is 5.18. The Morgan fingerprint density at radius 1 is 1.56 bits per heavy atom. The average Bonchev–Trinajstić information content (AvgIpc) is 2.31. The standard InChI is InChI=1S/C12H12ClNO4/c13-8-2-1-3-9(6-8)14-4-5-18-10(12(14)17)7-11(15)16/h1-3,6,10H,4-5,7H2,(H,15,16). The third-order valence-corrected chi connectivity index (χ3v) is 2.89. The Morgan fingerprint density at radius 3 is 3.00 bits per heavy atom. The molecule has 1 aliphatic rings. The first-order valence-electron chi connectivity index (χ1n) is 5.48. The van der Waals surface area contributed by atoms with Crippen LogP contribution in [-0.4, -0.2) is 36.2 Å². The van der Waals surface area contributed by atoms with E-state index in [1.807, 2.05) is 0 Å². The van der Waals surface area contributed by atoms with Crippen LogP contribution in [0.2, 0.25) is 5.02 Å². The molecule has 0 bridgehead atoms. The maximum absolute atomic E-state index is 12.1. The number of morpholine rings is 1. The molecule has 2 rings (SSSR count). The predicted molar refractivity (Wildman–Crippen MR) is 65.8 cm³/mol. The number of ether oxygens (including phenoxy) is 1. The van der Waals surface area contributed by atoms with Gasteiger partial charge >= 0.3 is 5.97 Å². The zero-order chi connectivity index (χ0) is 13.1. The fourth-order valence-corrected chi connectivity index (χ4v) is 2.03. The van der Waals surface area contributed by atoms with Crippen molar-refractivity contribution in [3.05, 3.63) is 29.3 Å². The third-order valence-electron chi connectivity index (χ3n) is 2.66. The van der Waals surface area contributed by atoms with E-state index >= 15 is 0 Å². The molecular formula is C12H12ClNO4. The highest BCUT2D eigenvalue weighted by atomic mass is 35.5. The summed E-state index contributed by atoms with van der Waals surface area (Å²) >= 11 is 5.87. The quantitative estimate of drug-likeness (QED) is 0.904. The molecule has 1 heterocycles. The number of hydrogen-bond donors (Lipinski definition) is 1. The fourth-order valence-electron chi connectivity index (χ4n) is 1.85. The van der Waals surface area contributed by atoms with Gasteiger partial charge in [0.25, 0.3) is 5.91 Å². The normalized spacial score (nSPS) is 19.9. The number of aliphatic carboxylic acids is 1. The summed E-state index contributed by atoms with van der Waals surface area (Å²) in [5, 5.41) is 9.24. The van der Waals surface area contributed by atoms with E-state index in [1.165, 1.54) is 4.90 Å². The van der Waals surface area contributed by atoms with E-state index in [-0.39, 0.29) is 12.3 Å². The SMILES string of the molecule is O=C(O)CC1OCCN(c2cccc(Cl)c2)C1=O. The second kappa shape index (κ2) is 5.37. The Hall–Kier alpha value is -1.59. The Labute approximate surface area is 109 Å². The molecule has 0 spiro atoms. The first-order valence-corrected chi connectivity index (χ1v) is 5.86. The van der Waals surface area contributed by atoms with Gasteiger partial charge in [0.15, 0.2) is 0 Å². The number of rotatable bonds is 3. The van der Waals surface area contributed by atoms with Crippen LogP contribution < -0.4 is 4.90 Å². The van der Waals surface area contributed by atoms with Crippen LogP contribution in [0.3, 0.4) is 0 Å². The third kappa shape index (κ3) is 2.80. The highest BCUT2D eigenvalue weighted by molar-refractivity contribution is 6.30. The Balaban J connectivity index is 2.18. The number of nitrogens with zero attached hydrogens (tertiary/aromatic N) is 1. The van der Waals surface area contributed by atoms with Crippen LogP contribution in [0.25, 0.3) is 0 Å². The predicted octanol–water partition coefficient (Wildman–Crippen LogP) is 1.55. The number of halogens is 1. The molecule has 1 N–H and O–H groups in total. The van der Waals surface area contributed by atoms with Gasteiger partial charge in [-0.25, -0.2) is 0 Å². The minimum Gasteiger partial charge on any atom is -0.481 e. The number of carbonyl (C=O) groups is 2. The molecule has 96 valence electrons. The number of carboxylic acids is 1. The molecule has 1 aromatic rings. The second-order valence-electron chi connectivity index (χ2n) is 3.93. The van der Waals surface area contributed by atoms with Crippen LogP contribution in [0.15, 0.2) is 24.3 Å². The molecule has 0 aliphatic carbocycles. The molecule has 1 unspecified atom stereocenters. The summed E-state index contributed by atoms with van der Waals surface area (Å²) in [4.78, 5) is 24.2. The average molecular weight is 270 g/mol. The molecule has 6 heteroatoms. The molecule has 1 amide bonds. The minimum atomic E-state index is -1.05. The number of hydrogen-bond acceptors (Lipinski definition) is 3. The minimum absolute atomic E-state index is 0.316. The second-order valence-corrected chi connectivity index (χ2v) is 4.36. The van der Waals surface area contributed by atoms with Gasteiger partial charge in [0, 0.05) is 17.3 Å². The topological polar surface area (TPSA) is 66.8 Å². The highest BCUT2D eigenvalue weighted by Gasteiger charge is 2.32. The molecule has 1 atom stereocenters. The van der Waals surface area contributed by atoms with Gasteiger partial charge < -0.3 is 14.7 Å². The molecular weight excluding hydrogens is 258 g/mol. The first-order chi connectivity index (χ1) is 8.58. The van der Waals surface area contributed by atoms with Gasteiger partial charge in [-0.05, 0) is 18.2 Å². The van der Waals surface area contributed by atoms with Crippen LogP contribution in [0.5, 0.6) is 0 Å². The maximum atomic E-state index is 12.1. The van der Waals surface area contributed by atoms with Crippen LogP contribution in [0.4, 0.5) is 5.69 Å². The van der Waals surface area contributed by atoms with Gasteiger partial charge in [-0.2, -0.15) is 0 Å². The Kier molecular flexibility index (Phi) is 3.84. The lowest BCUT2D eigenvalue weighted by molar-refractivity contribution is -0.147. The van der Waals surface area contributed by atoms with Gasteiger partial charge in [0.05, 0.1) is 13.0 Å². The summed E-state index contributed by atoms with van der Waals surface area (Å²) in [5.41, 5.74) is 0.659. The molecule has 1 aliphatic heterocycles. The molecule has 1 aromatic carbocycles. The zero-order valence-electron chi connectivity index (χ0n) is 9.51. The van der Waals surface area contributed by atoms with Crippen molar-refractivity contribution in [1.82, 2.24) is 0 Å². The molecule has 0 saturated carbocycles. The monoisotopic (exact) mass is 269 g/mol. The van der Waals surface area contributed by atoms with Crippen molar-refractivity contribution in [2.24, 2.45) is 0 Å². The van der Waals surface area contributed by atoms with E-state index in [0.717, 1.165) is 0 Å². The van der Waals surface area contributed by atoms with Crippen molar-refractivity contribution in [1.29, 1.82) is 0 Å². The summed E-state index contributed by atoms with van der Waals surface area (Å²) in [5.74, 6) is -1.40. The number of carboxylic acid groups (broad SMARTS) is 1. The molecule has 0 radical (unpaired) electrons. The number of anilines is 1. The van der Waals surface area contributed by atoms with Crippen molar-refractivity contribution >= 4 is 29.2 Å². The van der Waals surface area contributed by atoms with Crippen molar-refractivity contribution in [3.63, 3.8) is 0 Å². The van der Waals surface area contributed by atoms with Crippen LogP contribution >= 0.6 is 11.6 Å². The van der Waals surface area contributed by atoms with E-state index in [1.54, 1.807) is 24.3 Å². The van der Waals surface area contributed by atoms with Gasteiger partial charge in [-0.15, -0.1) is 0 Å². The summed E-state index contributed by atoms with van der Waals surface area (Å²) in [7, 11) is 0. The lowest BCUT2D eigenvalue weighted by Crippen LogP contribution is -2.48. The zero-order valence-corrected chi connectivity index (χ0v) is 10.3. The van der Waals surface area contributed by atoms with Crippen molar-refractivity contribution < 1.29 is 19.4 Å². The van der Waals surface area contributed by atoms with E-state index < -0.39 is 12.1 Å². The van der Waals surface area contributed by atoms with E-state index in [0.29, 0.717) is 23.9 Å². The van der Waals surface area contributed by atoms with Crippen molar-refractivity contribution in [2.45, 2.75) is 12.5 Å². The largest absolute Gasteiger partial charge is 0.481 e. The van der Waals surface area contributed by atoms with Gasteiger partial charge in [-0.1, -0.05) is 17.7 Å². The summed E-state index contributed by atoms with van der Waals surface area (Å²) in [6, 6.07) is 6.88. The van der Waals surface area contributed by atoms with Gasteiger partial charge in [0.2, 0.25) is 0 Å². The smallest absolute Gasteiger partial charge is 0.306 e. The van der Waals surface area contributed by atoms with Crippen LogP contribution in [0, 0.1) is 0 Å². The maximum Gasteiger partial charge on any atom is 0.306 e. The molecule has 5 nitrogen and oxygen atoms in total. The van der Waals surface area contributed by atoms with Crippen molar-refractivity contribution in [3.8, 4) is 0 Å². The summed E-state index contributed by atoms with van der Waals surface area (Å²) in [6.45, 7) is 0.714. The molecule has 18 heavy (non-hydrogen) atoms. The van der Waals surface area contributed by atoms with Gasteiger partial charge in [0.1, 0.15) is 6.10 Å². The molecule has 1 fully saturated rings.